The molecule has 0 radical (unpaired) electrons. The first-order valence-corrected chi connectivity index (χ1v) is 11.7. The van der Waals surface area contributed by atoms with Gasteiger partial charge < -0.3 is 23.7 Å². The molecule has 4 rings (SSSR count). The van der Waals surface area contributed by atoms with Gasteiger partial charge in [0.05, 0.1) is 12.3 Å². The molecule has 0 fully saturated rings. The van der Waals surface area contributed by atoms with Crippen LogP contribution in [0.15, 0.2) is 77.2 Å². The number of ether oxygens (including phenoxy) is 3. The summed E-state index contributed by atoms with van der Waals surface area (Å²) in [7, 11) is 0. The Bertz CT molecular complexity index is 1320. The highest BCUT2D eigenvalue weighted by atomic mass is 16.5. The second kappa shape index (κ2) is 10.6. The largest absolute Gasteiger partial charge is 0.493 e. The van der Waals surface area contributed by atoms with Crippen molar-refractivity contribution in [1.29, 1.82) is 0 Å². The molecule has 0 aliphatic rings. The zero-order chi connectivity index (χ0) is 25.7. The van der Waals surface area contributed by atoms with Crippen molar-refractivity contribution >= 4 is 5.97 Å². The van der Waals surface area contributed by atoms with Gasteiger partial charge in [0.25, 0.3) is 0 Å². The molecule has 36 heavy (non-hydrogen) atoms. The fourth-order valence-electron chi connectivity index (χ4n) is 3.45. The summed E-state index contributed by atoms with van der Waals surface area (Å²) in [4.78, 5) is 15.9. The Hall–Kier alpha value is -4.26. The third kappa shape index (κ3) is 6.05. The molecule has 0 aliphatic heterocycles. The van der Waals surface area contributed by atoms with Gasteiger partial charge >= 0.3 is 5.97 Å². The molecule has 0 aliphatic carbocycles. The minimum atomic E-state index is -1.31. The Kier molecular flexibility index (Phi) is 7.29. The zero-order valence-electron chi connectivity index (χ0n) is 20.8. The molecule has 3 aromatic carbocycles. The third-order valence-corrected chi connectivity index (χ3v) is 5.63. The smallest absolute Gasteiger partial charge is 0.347 e. The van der Waals surface area contributed by atoms with Crippen molar-refractivity contribution in [2.75, 3.05) is 6.61 Å². The quantitative estimate of drug-likeness (QED) is 0.269. The number of hydrogen-bond donors (Lipinski definition) is 1. The first-order chi connectivity index (χ1) is 17.2. The van der Waals surface area contributed by atoms with Crippen LogP contribution in [-0.2, 0) is 11.2 Å². The summed E-state index contributed by atoms with van der Waals surface area (Å²) in [5, 5.41) is 9.19. The fourth-order valence-corrected chi connectivity index (χ4v) is 3.45. The predicted molar refractivity (Wildman–Crippen MR) is 136 cm³/mol. The van der Waals surface area contributed by atoms with Crippen molar-refractivity contribution in [3.8, 4) is 34.5 Å². The second-order valence-electron chi connectivity index (χ2n) is 8.90. The summed E-state index contributed by atoms with van der Waals surface area (Å²) in [6.45, 7) is 7.32. The highest BCUT2D eigenvalue weighted by Gasteiger charge is 2.29. The van der Waals surface area contributed by atoms with E-state index in [9.17, 15) is 9.90 Å². The Balaban J connectivity index is 1.33. The van der Waals surface area contributed by atoms with Gasteiger partial charge in [-0.05, 0) is 87.9 Å². The molecule has 7 nitrogen and oxygen atoms in total. The van der Waals surface area contributed by atoms with Crippen molar-refractivity contribution in [2.45, 2.75) is 39.7 Å². The normalized spacial score (nSPS) is 11.2. The lowest BCUT2D eigenvalue weighted by Gasteiger charge is -2.21. The van der Waals surface area contributed by atoms with Crippen LogP contribution in [0.5, 0.6) is 23.0 Å². The van der Waals surface area contributed by atoms with Gasteiger partial charge in [-0.15, -0.1) is 0 Å². The van der Waals surface area contributed by atoms with E-state index in [4.69, 9.17) is 18.6 Å². The van der Waals surface area contributed by atoms with Gasteiger partial charge in [-0.1, -0.05) is 18.2 Å². The Morgan fingerprint density at radius 3 is 2.22 bits per heavy atom. The summed E-state index contributed by atoms with van der Waals surface area (Å²) >= 11 is 0. The van der Waals surface area contributed by atoms with Gasteiger partial charge in [0.1, 0.15) is 28.8 Å². The Morgan fingerprint density at radius 2 is 1.56 bits per heavy atom. The van der Waals surface area contributed by atoms with Crippen LogP contribution in [0, 0.1) is 13.8 Å². The van der Waals surface area contributed by atoms with Gasteiger partial charge in [0.15, 0.2) is 5.60 Å². The summed E-state index contributed by atoms with van der Waals surface area (Å²) in [5.74, 6) is 2.94. The van der Waals surface area contributed by atoms with E-state index in [0.717, 1.165) is 34.1 Å². The molecular formula is C29H29NO6. The van der Waals surface area contributed by atoms with E-state index in [1.54, 1.807) is 24.3 Å². The number of rotatable bonds is 10. The number of benzene rings is 3. The molecule has 0 unspecified atom stereocenters. The molecule has 0 amide bonds. The van der Waals surface area contributed by atoms with Crippen LogP contribution in [0.25, 0.3) is 11.5 Å². The Morgan fingerprint density at radius 1 is 0.917 bits per heavy atom. The van der Waals surface area contributed by atoms with Gasteiger partial charge in [-0.25, -0.2) is 9.78 Å². The highest BCUT2D eigenvalue weighted by Crippen LogP contribution is 2.28. The van der Waals surface area contributed by atoms with E-state index >= 15 is 0 Å². The molecule has 1 N–H and O–H groups in total. The van der Waals surface area contributed by atoms with Gasteiger partial charge in [0.2, 0.25) is 5.89 Å². The van der Waals surface area contributed by atoms with Crippen LogP contribution in [0.2, 0.25) is 0 Å². The minimum absolute atomic E-state index is 0.414. The number of aromatic nitrogens is 1. The van der Waals surface area contributed by atoms with E-state index < -0.39 is 11.6 Å². The number of carboxylic acid groups (broad SMARTS) is 1. The molecule has 0 saturated carbocycles. The van der Waals surface area contributed by atoms with Crippen LogP contribution >= 0.6 is 0 Å². The van der Waals surface area contributed by atoms with Crippen molar-refractivity contribution in [3.05, 3.63) is 89.8 Å². The zero-order valence-corrected chi connectivity index (χ0v) is 20.8. The standard InChI is InChI=1S/C29H29NO6/c1-19-7-5-6-8-26(19)35-23-11-9-21(10-12-23)27-30-25(20(2)34-27)17-18-33-22-13-15-24(16-14-22)36-29(3,4)28(31)32/h5-16H,17-18H2,1-4H3,(H,31,32). The number of carboxylic acids is 1. The molecular weight excluding hydrogens is 458 g/mol. The first kappa shape index (κ1) is 24.9. The second-order valence-corrected chi connectivity index (χ2v) is 8.90. The number of carbonyl (C=O) groups is 1. The molecule has 0 spiro atoms. The molecule has 0 atom stereocenters. The number of para-hydroxylation sites is 1. The molecule has 7 heteroatoms. The third-order valence-electron chi connectivity index (χ3n) is 5.63. The lowest BCUT2D eigenvalue weighted by molar-refractivity contribution is -0.152. The average molecular weight is 488 g/mol. The Labute approximate surface area is 210 Å². The van der Waals surface area contributed by atoms with Gasteiger partial charge in [-0.2, -0.15) is 0 Å². The number of hydrogen-bond acceptors (Lipinski definition) is 6. The topological polar surface area (TPSA) is 91.0 Å². The minimum Gasteiger partial charge on any atom is -0.493 e. The lowest BCUT2D eigenvalue weighted by atomic mass is 10.1. The SMILES string of the molecule is Cc1ccccc1Oc1ccc(-c2nc(CCOc3ccc(OC(C)(C)C(=O)O)cc3)c(C)o2)cc1. The molecule has 186 valence electrons. The van der Waals surface area contributed by atoms with Crippen LogP contribution in [-0.4, -0.2) is 28.3 Å². The van der Waals surface area contributed by atoms with Gasteiger partial charge in [0, 0.05) is 12.0 Å². The number of aliphatic carboxylic acids is 1. The molecule has 0 bridgehead atoms. The van der Waals surface area contributed by atoms with E-state index in [0.29, 0.717) is 30.4 Å². The van der Waals surface area contributed by atoms with Crippen LogP contribution in [0.1, 0.15) is 30.9 Å². The lowest BCUT2D eigenvalue weighted by Crippen LogP contribution is -2.37. The monoisotopic (exact) mass is 487 g/mol. The van der Waals surface area contributed by atoms with Crippen molar-refractivity contribution in [3.63, 3.8) is 0 Å². The predicted octanol–water partition coefficient (Wildman–Crippen LogP) is 6.61. The van der Waals surface area contributed by atoms with Gasteiger partial charge in [-0.3, -0.25) is 0 Å². The number of aryl methyl sites for hydroxylation is 2. The molecule has 1 aromatic heterocycles. The molecule has 0 saturated heterocycles. The summed E-state index contributed by atoms with van der Waals surface area (Å²) < 4.78 is 23.2. The van der Waals surface area contributed by atoms with E-state index in [-0.39, 0.29) is 0 Å². The maximum Gasteiger partial charge on any atom is 0.347 e. The molecule has 4 aromatic rings. The fraction of sp³-hybridized carbons (Fsp3) is 0.241. The van der Waals surface area contributed by atoms with Crippen LogP contribution in [0.4, 0.5) is 0 Å². The first-order valence-electron chi connectivity index (χ1n) is 11.7. The van der Waals surface area contributed by atoms with Crippen molar-refractivity contribution in [1.82, 2.24) is 4.98 Å². The van der Waals surface area contributed by atoms with Crippen LogP contribution < -0.4 is 14.2 Å². The van der Waals surface area contributed by atoms with Crippen molar-refractivity contribution in [2.24, 2.45) is 0 Å². The summed E-state index contributed by atoms with van der Waals surface area (Å²) in [6.07, 6.45) is 0.577. The van der Waals surface area contributed by atoms with Crippen molar-refractivity contribution < 1.29 is 28.5 Å². The highest BCUT2D eigenvalue weighted by molar-refractivity contribution is 5.76. The van der Waals surface area contributed by atoms with E-state index in [1.807, 2.05) is 62.4 Å². The van der Waals surface area contributed by atoms with E-state index in [2.05, 4.69) is 4.98 Å². The number of nitrogens with zero attached hydrogens (tertiary/aromatic N) is 1. The average Bonchev–Trinajstić information content (AvgIpc) is 3.22. The maximum atomic E-state index is 11.2. The maximum absolute atomic E-state index is 11.2. The number of oxazole rings is 1. The summed E-state index contributed by atoms with van der Waals surface area (Å²) in [5.41, 5.74) is 1.46. The molecule has 1 heterocycles. The summed E-state index contributed by atoms with van der Waals surface area (Å²) in [6, 6.07) is 22.4. The van der Waals surface area contributed by atoms with E-state index in [1.165, 1.54) is 13.8 Å². The van der Waals surface area contributed by atoms with Crippen LogP contribution in [0.3, 0.4) is 0 Å².